The SMILES string of the molecule is C=CC(=C)C#CC(c1ccsc1)C(C(=C)c1ccccc1)C(C)=O.CC.[HH]. The fourth-order valence-electron chi connectivity index (χ4n) is 2.55. The normalized spacial score (nSPS) is 11.7. The topological polar surface area (TPSA) is 17.1 Å². The van der Waals surface area contributed by atoms with Crippen molar-refractivity contribution in [2.24, 2.45) is 5.92 Å². The Labute approximate surface area is 163 Å². The van der Waals surface area contributed by atoms with Crippen molar-refractivity contribution < 1.29 is 6.22 Å². The minimum absolute atomic E-state index is 0. The predicted molar refractivity (Wildman–Crippen MR) is 117 cm³/mol. The van der Waals surface area contributed by atoms with Gasteiger partial charge in [0.1, 0.15) is 5.78 Å². The fraction of sp³-hybridized carbons (Fsp3) is 0.208. The van der Waals surface area contributed by atoms with Crippen LogP contribution in [0.25, 0.3) is 5.57 Å². The number of hydrogen-bond donors (Lipinski definition) is 0. The van der Waals surface area contributed by atoms with Gasteiger partial charge in [0.25, 0.3) is 0 Å². The lowest BCUT2D eigenvalue weighted by molar-refractivity contribution is -0.119. The third-order valence-electron chi connectivity index (χ3n) is 3.83. The van der Waals surface area contributed by atoms with Gasteiger partial charge in [0.15, 0.2) is 0 Å². The molecule has 2 rings (SSSR count). The average Bonchev–Trinajstić information content (AvgIpc) is 3.20. The number of hydrogen-bond acceptors (Lipinski definition) is 2. The molecule has 136 valence electrons. The molecule has 0 saturated carbocycles. The van der Waals surface area contributed by atoms with Crippen LogP contribution in [0.4, 0.5) is 0 Å². The Morgan fingerprint density at radius 3 is 2.35 bits per heavy atom. The van der Waals surface area contributed by atoms with Gasteiger partial charge in [-0.15, -0.1) is 0 Å². The van der Waals surface area contributed by atoms with E-state index in [4.69, 9.17) is 0 Å². The first-order valence-electron chi connectivity index (χ1n) is 8.64. The molecular formula is C24H28OS. The molecule has 0 fully saturated rings. The van der Waals surface area contributed by atoms with E-state index in [-0.39, 0.29) is 13.1 Å². The van der Waals surface area contributed by atoms with Crippen molar-refractivity contribution in [3.63, 3.8) is 0 Å². The molecule has 0 N–H and O–H groups in total. The molecule has 0 aliphatic rings. The highest BCUT2D eigenvalue weighted by atomic mass is 32.1. The van der Waals surface area contributed by atoms with Crippen LogP contribution in [0.3, 0.4) is 0 Å². The molecule has 2 unspecified atom stereocenters. The third kappa shape index (κ3) is 5.72. The zero-order chi connectivity index (χ0) is 19.5. The lowest BCUT2D eigenvalue weighted by atomic mass is 9.78. The molecule has 1 aromatic heterocycles. The van der Waals surface area contributed by atoms with Gasteiger partial charge >= 0.3 is 0 Å². The molecular weight excluding hydrogens is 336 g/mol. The summed E-state index contributed by atoms with van der Waals surface area (Å²) in [5.74, 6) is 5.63. The highest BCUT2D eigenvalue weighted by Crippen LogP contribution is 2.35. The summed E-state index contributed by atoms with van der Waals surface area (Å²) in [5.41, 5.74) is 3.42. The largest absolute Gasteiger partial charge is 0.299 e. The van der Waals surface area contributed by atoms with Crippen molar-refractivity contribution in [3.8, 4) is 11.8 Å². The van der Waals surface area contributed by atoms with E-state index >= 15 is 0 Å². The molecule has 0 amide bonds. The van der Waals surface area contributed by atoms with Crippen LogP contribution in [0.2, 0.25) is 0 Å². The summed E-state index contributed by atoms with van der Waals surface area (Å²) >= 11 is 1.59. The van der Waals surface area contributed by atoms with Crippen molar-refractivity contribution in [1.82, 2.24) is 0 Å². The van der Waals surface area contributed by atoms with Crippen LogP contribution in [0, 0.1) is 17.8 Å². The van der Waals surface area contributed by atoms with E-state index in [0.29, 0.717) is 5.57 Å². The van der Waals surface area contributed by atoms with Gasteiger partial charge in [-0.3, -0.25) is 4.79 Å². The molecule has 1 nitrogen and oxygen atoms in total. The van der Waals surface area contributed by atoms with E-state index in [1.807, 2.05) is 61.0 Å². The number of ketones is 1. The molecule has 2 heteroatoms. The molecule has 26 heavy (non-hydrogen) atoms. The Bertz CT molecular complexity index is 807. The van der Waals surface area contributed by atoms with Gasteiger partial charge in [0.05, 0.1) is 11.8 Å². The number of rotatable bonds is 6. The van der Waals surface area contributed by atoms with E-state index in [1.54, 1.807) is 24.3 Å². The van der Waals surface area contributed by atoms with E-state index in [0.717, 1.165) is 16.7 Å². The molecule has 0 bridgehead atoms. The van der Waals surface area contributed by atoms with E-state index in [1.165, 1.54) is 0 Å². The van der Waals surface area contributed by atoms with Crippen LogP contribution in [0.15, 0.2) is 78.5 Å². The van der Waals surface area contributed by atoms with Crippen LogP contribution >= 0.6 is 11.3 Å². The molecule has 0 spiro atoms. The van der Waals surface area contributed by atoms with Crippen molar-refractivity contribution in [2.75, 3.05) is 0 Å². The summed E-state index contributed by atoms with van der Waals surface area (Å²) in [6.07, 6.45) is 1.62. The van der Waals surface area contributed by atoms with Crippen LogP contribution in [-0.2, 0) is 4.79 Å². The predicted octanol–water partition coefficient (Wildman–Crippen LogP) is 6.77. The van der Waals surface area contributed by atoms with Crippen LogP contribution in [0.1, 0.15) is 39.2 Å². The number of allylic oxidation sites excluding steroid dienone is 3. The molecule has 0 aliphatic carbocycles. The van der Waals surface area contributed by atoms with E-state index in [9.17, 15) is 4.79 Å². The molecule has 1 aromatic carbocycles. The summed E-state index contributed by atoms with van der Waals surface area (Å²) in [5, 5.41) is 4.03. The van der Waals surface area contributed by atoms with Gasteiger partial charge in [-0.2, -0.15) is 11.3 Å². The summed E-state index contributed by atoms with van der Waals surface area (Å²) in [4.78, 5) is 12.4. The second kappa shape index (κ2) is 11.1. The quantitative estimate of drug-likeness (QED) is 0.408. The first-order chi connectivity index (χ1) is 12.5. The second-order valence-electron chi connectivity index (χ2n) is 5.51. The van der Waals surface area contributed by atoms with Gasteiger partial charge in [0.2, 0.25) is 0 Å². The Hall–Kier alpha value is -2.63. The fourth-order valence-corrected chi connectivity index (χ4v) is 3.24. The third-order valence-corrected chi connectivity index (χ3v) is 4.53. The molecule has 1 heterocycles. The average molecular weight is 365 g/mol. The zero-order valence-corrected chi connectivity index (χ0v) is 16.6. The van der Waals surface area contributed by atoms with Gasteiger partial charge in [0, 0.05) is 7.00 Å². The van der Waals surface area contributed by atoms with Crippen molar-refractivity contribution in [1.29, 1.82) is 0 Å². The van der Waals surface area contributed by atoms with Gasteiger partial charge in [-0.25, -0.2) is 0 Å². The van der Waals surface area contributed by atoms with Crippen molar-refractivity contribution in [3.05, 3.63) is 89.7 Å². The van der Waals surface area contributed by atoms with E-state index < -0.39 is 5.92 Å². The molecule has 2 atom stereocenters. The summed E-state index contributed by atoms with van der Waals surface area (Å²) in [6.45, 7) is 17.3. The van der Waals surface area contributed by atoms with Gasteiger partial charge < -0.3 is 0 Å². The smallest absolute Gasteiger partial charge is 0.138 e. The number of thiophene rings is 1. The van der Waals surface area contributed by atoms with Gasteiger partial charge in [-0.1, -0.05) is 81.8 Å². The zero-order valence-electron chi connectivity index (χ0n) is 15.8. The Morgan fingerprint density at radius 2 is 1.85 bits per heavy atom. The van der Waals surface area contributed by atoms with Crippen LogP contribution < -0.4 is 0 Å². The molecule has 0 radical (unpaired) electrons. The Balaban J connectivity index is 0.00000218. The highest BCUT2D eigenvalue weighted by molar-refractivity contribution is 7.08. The summed E-state index contributed by atoms with van der Waals surface area (Å²) in [7, 11) is 0. The standard InChI is InChI=1S/C22H20OS.C2H6.H2/c1-5-16(2)11-12-21(20-13-14-24-15-20)22(18(4)23)17(3)19-9-7-6-8-10-19;1-2;/h5-10,13-15,21-22H,1-3H2,4H3;1-2H3;1H. The maximum Gasteiger partial charge on any atom is 0.138 e. The Kier molecular flexibility index (Phi) is 9.12. The molecule has 0 aliphatic heterocycles. The van der Waals surface area contributed by atoms with Crippen LogP contribution in [-0.4, -0.2) is 5.78 Å². The minimum atomic E-state index is -0.396. The maximum atomic E-state index is 12.4. The molecule has 0 saturated heterocycles. The number of carbonyl (C=O) groups is 1. The van der Waals surface area contributed by atoms with Crippen molar-refractivity contribution >= 4 is 22.7 Å². The Morgan fingerprint density at radius 1 is 1.19 bits per heavy atom. The number of benzene rings is 1. The highest BCUT2D eigenvalue weighted by Gasteiger charge is 2.29. The first kappa shape index (κ1) is 21.4. The van der Waals surface area contributed by atoms with E-state index in [2.05, 4.69) is 31.6 Å². The summed E-state index contributed by atoms with van der Waals surface area (Å²) < 4.78 is 0. The van der Waals surface area contributed by atoms with Gasteiger partial charge in [-0.05, 0) is 40.5 Å². The summed E-state index contributed by atoms with van der Waals surface area (Å²) in [6, 6.07) is 11.8. The minimum Gasteiger partial charge on any atom is -0.299 e. The number of Topliss-reactive ketones (excluding diaryl/α,β-unsaturated/α-hetero) is 1. The second-order valence-corrected chi connectivity index (χ2v) is 6.29. The lowest BCUT2D eigenvalue weighted by Crippen LogP contribution is -2.20. The number of carbonyl (C=O) groups excluding carboxylic acids is 1. The van der Waals surface area contributed by atoms with Crippen molar-refractivity contribution in [2.45, 2.75) is 26.7 Å². The maximum absolute atomic E-state index is 12.4. The molecule has 2 aromatic rings. The lowest BCUT2D eigenvalue weighted by Gasteiger charge is -2.23. The first-order valence-corrected chi connectivity index (χ1v) is 9.58. The van der Waals surface area contributed by atoms with Crippen LogP contribution in [0.5, 0.6) is 0 Å². The monoisotopic (exact) mass is 364 g/mol.